The van der Waals surface area contributed by atoms with Crippen molar-refractivity contribution >= 4 is 46.1 Å². The Morgan fingerprint density at radius 1 is 1.35 bits per heavy atom. The quantitative estimate of drug-likeness (QED) is 0.916. The zero-order chi connectivity index (χ0) is 14.4. The Balaban J connectivity index is 1.98. The zero-order valence-electron chi connectivity index (χ0n) is 10.7. The molecule has 1 amide bonds. The number of hydrogen-bond donors (Lipinski definition) is 1. The molecule has 2 aromatic rings. The first kappa shape index (κ1) is 13.9. The number of halogens is 2. The first-order chi connectivity index (χ1) is 9.47. The van der Waals surface area contributed by atoms with Crippen molar-refractivity contribution < 1.29 is 4.79 Å². The minimum atomic E-state index is -0.336. The van der Waals surface area contributed by atoms with Crippen molar-refractivity contribution in [2.75, 3.05) is 11.9 Å². The fourth-order valence-electron chi connectivity index (χ4n) is 2.43. The predicted octanol–water partition coefficient (Wildman–Crippen LogP) is 3.62. The molecule has 1 aromatic heterocycles. The zero-order valence-corrected chi connectivity index (χ0v) is 13.0. The highest BCUT2D eigenvalue weighted by Gasteiger charge is 2.25. The normalized spacial score (nSPS) is 15.6. The topological polar surface area (TPSA) is 46.3 Å². The third-order valence-electron chi connectivity index (χ3n) is 3.56. The van der Waals surface area contributed by atoms with Crippen LogP contribution < -0.4 is 10.6 Å². The Morgan fingerprint density at radius 3 is 2.75 bits per heavy atom. The number of benzene rings is 1. The van der Waals surface area contributed by atoms with Crippen molar-refractivity contribution in [2.45, 2.75) is 12.5 Å². The molecule has 1 aliphatic heterocycles. The molecule has 0 fully saturated rings. The first-order valence-electron chi connectivity index (χ1n) is 6.07. The van der Waals surface area contributed by atoms with Crippen LogP contribution in [0.2, 0.25) is 8.67 Å². The monoisotopic (exact) mass is 326 g/mol. The number of carbonyl (C=O) groups is 1. The maximum absolute atomic E-state index is 11.7. The molecule has 2 N–H and O–H groups in total. The van der Waals surface area contributed by atoms with Gasteiger partial charge in [-0.15, -0.1) is 11.3 Å². The van der Waals surface area contributed by atoms with Crippen LogP contribution >= 0.6 is 34.5 Å². The van der Waals surface area contributed by atoms with E-state index in [0.29, 0.717) is 15.1 Å². The average Bonchev–Trinajstić information content (AvgIpc) is 2.89. The molecule has 0 spiro atoms. The number of nitrogens with zero attached hydrogens (tertiary/aromatic N) is 1. The van der Waals surface area contributed by atoms with Gasteiger partial charge in [-0.2, -0.15) is 0 Å². The van der Waals surface area contributed by atoms with E-state index in [-0.39, 0.29) is 11.9 Å². The van der Waals surface area contributed by atoms with Crippen LogP contribution in [0.5, 0.6) is 0 Å². The number of anilines is 1. The van der Waals surface area contributed by atoms with E-state index in [0.717, 1.165) is 22.4 Å². The maximum atomic E-state index is 11.7. The van der Waals surface area contributed by atoms with Crippen molar-refractivity contribution in [1.29, 1.82) is 0 Å². The molecule has 0 radical (unpaired) electrons. The molecule has 3 rings (SSSR count). The van der Waals surface area contributed by atoms with Gasteiger partial charge in [0.25, 0.3) is 0 Å². The third kappa shape index (κ3) is 2.23. The van der Waals surface area contributed by atoms with Crippen LogP contribution in [-0.4, -0.2) is 13.0 Å². The number of nitrogens with two attached hydrogens (primary N) is 1. The Morgan fingerprint density at radius 2 is 2.10 bits per heavy atom. The van der Waals surface area contributed by atoms with E-state index in [4.69, 9.17) is 28.9 Å². The number of amides is 1. The fraction of sp³-hybridized carbons (Fsp3) is 0.214. The largest absolute Gasteiger partial charge is 0.320 e. The van der Waals surface area contributed by atoms with Gasteiger partial charge in [-0.05, 0) is 23.3 Å². The smallest absolute Gasteiger partial charge is 0.231 e. The van der Waals surface area contributed by atoms with E-state index < -0.39 is 0 Å². The highest BCUT2D eigenvalue weighted by molar-refractivity contribution is 7.20. The number of rotatable bonds is 2. The molecule has 3 nitrogen and oxygen atoms in total. The average molecular weight is 327 g/mol. The Labute approximate surface area is 130 Å². The summed E-state index contributed by atoms with van der Waals surface area (Å²) in [5.41, 5.74) is 9.96. The van der Waals surface area contributed by atoms with E-state index in [1.165, 1.54) is 11.3 Å². The summed E-state index contributed by atoms with van der Waals surface area (Å²) in [6.45, 7) is 0. The van der Waals surface area contributed by atoms with Crippen LogP contribution in [-0.2, 0) is 11.2 Å². The summed E-state index contributed by atoms with van der Waals surface area (Å²) in [6.07, 6.45) is 0.421. The first-order valence-corrected chi connectivity index (χ1v) is 7.64. The van der Waals surface area contributed by atoms with Crippen LogP contribution in [0.25, 0.3) is 0 Å². The lowest BCUT2D eigenvalue weighted by Gasteiger charge is -2.14. The lowest BCUT2D eigenvalue weighted by atomic mass is 9.99. The molecule has 2 heterocycles. The molecule has 0 bridgehead atoms. The minimum absolute atomic E-state index is 0.0994. The van der Waals surface area contributed by atoms with E-state index in [2.05, 4.69) is 0 Å². The van der Waals surface area contributed by atoms with Gasteiger partial charge < -0.3 is 10.6 Å². The van der Waals surface area contributed by atoms with Gasteiger partial charge >= 0.3 is 0 Å². The summed E-state index contributed by atoms with van der Waals surface area (Å²) >= 11 is 13.4. The van der Waals surface area contributed by atoms with Crippen molar-refractivity contribution in [2.24, 2.45) is 5.73 Å². The van der Waals surface area contributed by atoms with Crippen LogP contribution in [0.1, 0.15) is 22.7 Å². The Hall–Kier alpha value is -1.07. The van der Waals surface area contributed by atoms with Crippen molar-refractivity contribution in [3.8, 4) is 0 Å². The van der Waals surface area contributed by atoms with Gasteiger partial charge in [-0.3, -0.25) is 4.79 Å². The highest BCUT2D eigenvalue weighted by atomic mass is 35.5. The summed E-state index contributed by atoms with van der Waals surface area (Å²) in [5.74, 6) is 0.0994. The lowest BCUT2D eigenvalue weighted by Crippen LogP contribution is -2.20. The van der Waals surface area contributed by atoms with Gasteiger partial charge in [0.05, 0.1) is 21.1 Å². The van der Waals surface area contributed by atoms with Crippen molar-refractivity contribution in [1.82, 2.24) is 0 Å². The molecule has 104 valence electrons. The molecule has 0 saturated carbocycles. The van der Waals surface area contributed by atoms with Crippen molar-refractivity contribution in [3.63, 3.8) is 0 Å². The summed E-state index contributed by atoms with van der Waals surface area (Å²) in [6, 6.07) is 7.29. The van der Waals surface area contributed by atoms with Crippen LogP contribution in [0.15, 0.2) is 24.3 Å². The van der Waals surface area contributed by atoms with Gasteiger partial charge in [0.2, 0.25) is 5.91 Å². The number of carbonyl (C=O) groups excluding carboxylic acids is 1. The molecule has 1 aliphatic rings. The lowest BCUT2D eigenvalue weighted by molar-refractivity contribution is -0.117. The highest BCUT2D eigenvalue weighted by Crippen LogP contribution is 2.38. The fourth-order valence-corrected chi connectivity index (χ4v) is 3.98. The second-order valence-electron chi connectivity index (χ2n) is 4.77. The second kappa shape index (κ2) is 5.04. The van der Waals surface area contributed by atoms with E-state index in [9.17, 15) is 4.79 Å². The summed E-state index contributed by atoms with van der Waals surface area (Å²) < 4.78 is 1.23. The van der Waals surface area contributed by atoms with E-state index >= 15 is 0 Å². The van der Waals surface area contributed by atoms with Crippen LogP contribution in [0, 0.1) is 0 Å². The maximum Gasteiger partial charge on any atom is 0.231 e. The van der Waals surface area contributed by atoms with Crippen molar-refractivity contribution in [3.05, 3.63) is 49.6 Å². The van der Waals surface area contributed by atoms with E-state index in [1.54, 1.807) is 18.0 Å². The third-order valence-corrected chi connectivity index (χ3v) is 5.08. The minimum Gasteiger partial charge on any atom is -0.320 e. The molecule has 0 saturated heterocycles. The molecule has 0 aliphatic carbocycles. The molecule has 20 heavy (non-hydrogen) atoms. The SMILES string of the molecule is CN1C(=O)Cc2cc(C(N)c3cc(Cl)sc3Cl)ccc21. The van der Waals surface area contributed by atoms with E-state index in [1.807, 2.05) is 18.2 Å². The standard InChI is InChI=1S/C14H12Cl2N2OS/c1-18-10-3-2-7(4-8(10)5-12(18)19)13(17)9-6-11(15)20-14(9)16/h2-4,6,13H,5,17H2,1H3. The van der Waals surface area contributed by atoms with Gasteiger partial charge in [-0.1, -0.05) is 35.3 Å². The summed E-state index contributed by atoms with van der Waals surface area (Å²) in [7, 11) is 1.78. The van der Waals surface area contributed by atoms with Gasteiger partial charge in [0.1, 0.15) is 0 Å². The molecular formula is C14H12Cl2N2OS. The molecule has 1 unspecified atom stereocenters. The number of fused-ring (bicyclic) bond motifs is 1. The van der Waals surface area contributed by atoms with Gasteiger partial charge in [-0.25, -0.2) is 0 Å². The van der Waals surface area contributed by atoms with Gasteiger partial charge in [0.15, 0.2) is 0 Å². The molecule has 6 heteroatoms. The molecular weight excluding hydrogens is 315 g/mol. The summed E-state index contributed by atoms with van der Waals surface area (Å²) in [4.78, 5) is 13.4. The Bertz CT molecular complexity index is 698. The number of thiophene rings is 1. The molecule has 1 atom stereocenters. The second-order valence-corrected chi connectivity index (χ2v) is 7.06. The molecule has 1 aromatic carbocycles. The Kier molecular flexibility index (Phi) is 3.50. The van der Waals surface area contributed by atoms with Crippen LogP contribution in [0.3, 0.4) is 0 Å². The van der Waals surface area contributed by atoms with Crippen LogP contribution in [0.4, 0.5) is 5.69 Å². The predicted molar refractivity (Wildman–Crippen MR) is 83.9 cm³/mol. The number of hydrogen-bond acceptors (Lipinski definition) is 3. The number of likely N-dealkylation sites (N-methyl/N-ethyl adjacent to an activating group) is 1. The van der Waals surface area contributed by atoms with Gasteiger partial charge in [0, 0.05) is 18.3 Å². The summed E-state index contributed by atoms with van der Waals surface area (Å²) in [5, 5.41) is 0.